The molecule has 2 N–H and O–H groups in total. The van der Waals surface area contributed by atoms with Crippen LogP contribution in [0.1, 0.15) is 27.2 Å². The van der Waals surface area contributed by atoms with Crippen LogP contribution in [0, 0.1) is 5.92 Å². The molecule has 12 heavy (non-hydrogen) atoms. The monoisotopic (exact) mass is 166 g/mol. The lowest BCUT2D eigenvalue weighted by Gasteiger charge is -2.03. The van der Waals surface area contributed by atoms with Crippen LogP contribution in [0.5, 0.6) is 0 Å². The molecule has 0 radical (unpaired) electrons. The summed E-state index contributed by atoms with van der Waals surface area (Å²) in [6.07, 6.45) is 4.40. The zero-order valence-corrected chi connectivity index (χ0v) is 8.17. The van der Waals surface area contributed by atoms with Crippen molar-refractivity contribution in [2.75, 3.05) is 0 Å². The van der Waals surface area contributed by atoms with Gasteiger partial charge in [0.15, 0.2) is 0 Å². The van der Waals surface area contributed by atoms with Crippen LogP contribution < -0.4 is 5.73 Å². The molecule has 0 heterocycles. The van der Waals surface area contributed by atoms with Crippen LogP contribution in [-0.2, 0) is 0 Å². The van der Waals surface area contributed by atoms with Crippen LogP contribution in [0.3, 0.4) is 0 Å². The van der Waals surface area contributed by atoms with Crippen LogP contribution in [0.4, 0.5) is 0 Å². The maximum Gasteiger partial charge on any atom is 0.0994 e. The zero-order chi connectivity index (χ0) is 9.56. The summed E-state index contributed by atoms with van der Waals surface area (Å²) in [6.45, 7) is 9.73. The highest BCUT2D eigenvalue weighted by Crippen LogP contribution is 2.01. The summed E-state index contributed by atoms with van der Waals surface area (Å²) in [4.78, 5) is 4.19. The maximum absolute atomic E-state index is 5.68. The van der Waals surface area contributed by atoms with Crippen molar-refractivity contribution < 1.29 is 0 Å². The fourth-order valence-corrected chi connectivity index (χ4v) is 0.898. The van der Waals surface area contributed by atoms with Crippen molar-refractivity contribution >= 4 is 5.84 Å². The second kappa shape index (κ2) is 5.58. The van der Waals surface area contributed by atoms with Gasteiger partial charge in [0, 0.05) is 12.1 Å². The molecule has 0 aliphatic carbocycles. The molecule has 0 saturated carbocycles. The van der Waals surface area contributed by atoms with E-state index in [4.69, 9.17) is 5.73 Å². The van der Waals surface area contributed by atoms with E-state index in [1.165, 1.54) is 0 Å². The number of nitrogens with two attached hydrogens (primary N) is 1. The number of amidine groups is 1. The average molecular weight is 166 g/mol. The van der Waals surface area contributed by atoms with E-state index in [9.17, 15) is 0 Å². The Morgan fingerprint density at radius 2 is 2.17 bits per heavy atom. The molecular formula is C10H18N2. The van der Waals surface area contributed by atoms with Crippen LogP contribution in [0.2, 0.25) is 0 Å². The summed E-state index contributed by atoms with van der Waals surface area (Å²) >= 11 is 0. The summed E-state index contributed by atoms with van der Waals surface area (Å²) in [5.74, 6) is 1.26. The Balaban J connectivity index is 4.15. The molecule has 0 atom stereocenters. The molecule has 0 unspecified atom stereocenters. The van der Waals surface area contributed by atoms with Crippen molar-refractivity contribution in [3.8, 4) is 0 Å². The summed E-state index contributed by atoms with van der Waals surface area (Å²) in [5.41, 5.74) is 6.59. The van der Waals surface area contributed by atoms with Gasteiger partial charge in [0.25, 0.3) is 0 Å². The van der Waals surface area contributed by atoms with E-state index in [-0.39, 0.29) is 0 Å². The third kappa shape index (κ3) is 5.71. The van der Waals surface area contributed by atoms with Gasteiger partial charge in [0.2, 0.25) is 0 Å². The quantitative estimate of drug-likeness (QED) is 0.389. The van der Waals surface area contributed by atoms with Crippen LogP contribution in [-0.4, -0.2) is 5.84 Å². The van der Waals surface area contributed by atoms with Crippen molar-refractivity contribution in [1.29, 1.82) is 0 Å². The van der Waals surface area contributed by atoms with E-state index in [1.54, 1.807) is 6.08 Å². The molecule has 0 aromatic heterocycles. The van der Waals surface area contributed by atoms with Gasteiger partial charge in [-0.05, 0) is 18.9 Å². The zero-order valence-electron chi connectivity index (χ0n) is 8.17. The molecule has 0 bridgehead atoms. The lowest BCUT2D eigenvalue weighted by molar-refractivity contribution is 0.680. The van der Waals surface area contributed by atoms with Crippen molar-refractivity contribution in [3.05, 3.63) is 24.4 Å². The van der Waals surface area contributed by atoms with E-state index < -0.39 is 0 Å². The molecule has 2 nitrogen and oxygen atoms in total. The topological polar surface area (TPSA) is 38.4 Å². The van der Waals surface area contributed by atoms with Crippen LogP contribution in [0.15, 0.2) is 29.4 Å². The summed E-state index contributed by atoms with van der Waals surface area (Å²) in [6, 6.07) is 0. The highest BCUT2D eigenvalue weighted by molar-refractivity contribution is 5.81. The minimum Gasteiger partial charge on any atom is -0.387 e. The summed E-state index contributed by atoms with van der Waals surface area (Å²) in [5, 5.41) is 0. The number of rotatable bonds is 4. The van der Waals surface area contributed by atoms with E-state index >= 15 is 0 Å². The second-order valence-corrected chi connectivity index (χ2v) is 3.24. The highest BCUT2D eigenvalue weighted by atomic mass is 14.9. The van der Waals surface area contributed by atoms with E-state index in [1.807, 2.05) is 13.0 Å². The van der Waals surface area contributed by atoms with Gasteiger partial charge in [-0.1, -0.05) is 26.5 Å². The fraction of sp³-hybridized carbons (Fsp3) is 0.500. The van der Waals surface area contributed by atoms with E-state index in [2.05, 4.69) is 25.4 Å². The SMILES string of the molecule is C=C/C=C(/C)N=C(N)CC(C)C. The standard InChI is InChI=1S/C10H18N2/c1-5-6-9(4)12-10(11)7-8(2)3/h5-6,8H,1,7H2,2-4H3,(H2,11,12)/b9-6-. The third-order valence-electron chi connectivity index (χ3n) is 1.30. The van der Waals surface area contributed by atoms with Gasteiger partial charge in [0.05, 0.1) is 5.84 Å². The predicted octanol–water partition coefficient (Wildman–Crippen LogP) is 2.48. The Labute approximate surface area is 74.9 Å². The Kier molecular flexibility index (Phi) is 5.09. The van der Waals surface area contributed by atoms with Crippen molar-refractivity contribution in [2.24, 2.45) is 16.6 Å². The van der Waals surface area contributed by atoms with Gasteiger partial charge in [-0.25, -0.2) is 4.99 Å². The molecule has 0 aliphatic rings. The van der Waals surface area contributed by atoms with Gasteiger partial charge in [-0.15, -0.1) is 0 Å². The largest absolute Gasteiger partial charge is 0.387 e. The molecule has 0 saturated heterocycles. The molecule has 0 fully saturated rings. The minimum absolute atomic E-state index is 0.560. The number of aliphatic imine (C=N–C) groups is 1. The molecule has 0 aliphatic heterocycles. The summed E-state index contributed by atoms with van der Waals surface area (Å²) < 4.78 is 0. The molecule has 0 amide bonds. The first-order chi connectivity index (χ1) is 5.56. The maximum atomic E-state index is 5.68. The molecule has 68 valence electrons. The van der Waals surface area contributed by atoms with Crippen LogP contribution in [0.25, 0.3) is 0 Å². The summed E-state index contributed by atoms with van der Waals surface area (Å²) in [7, 11) is 0. The Morgan fingerprint density at radius 3 is 2.58 bits per heavy atom. The molecular weight excluding hydrogens is 148 g/mol. The Bertz CT molecular complexity index is 200. The smallest absolute Gasteiger partial charge is 0.0994 e. The van der Waals surface area contributed by atoms with E-state index in [0.29, 0.717) is 11.8 Å². The average Bonchev–Trinajstić information content (AvgIpc) is 1.84. The lowest BCUT2D eigenvalue weighted by atomic mass is 10.1. The normalized spacial score (nSPS) is 13.7. The predicted molar refractivity (Wildman–Crippen MR) is 55.0 cm³/mol. The van der Waals surface area contributed by atoms with Crippen molar-refractivity contribution in [3.63, 3.8) is 0 Å². The molecule has 0 spiro atoms. The molecule has 0 rings (SSSR count). The van der Waals surface area contributed by atoms with Gasteiger partial charge < -0.3 is 5.73 Å². The first-order valence-corrected chi connectivity index (χ1v) is 4.18. The van der Waals surface area contributed by atoms with Gasteiger partial charge in [0.1, 0.15) is 0 Å². The highest BCUT2D eigenvalue weighted by Gasteiger charge is 1.97. The number of allylic oxidation sites excluding steroid dienone is 3. The van der Waals surface area contributed by atoms with E-state index in [0.717, 1.165) is 12.1 Å². The fourth-order valence-electron chi connectivity index (χ4n) is 0.898. The van der Waals surface area contributed by atoms with Gasteiger partial charge >= 0.3 is 0 Å². The first kappa shape index (κ1) is 11.0. The van der Waals surface area contributed by atoms with Gasteiger partial charge in [-0.3, -0.25) is 0 Å². The molecule has 0 aromatic rings. The first-order valence-electron chi connectivity index (χ1n) is 4.18. The number of hydrogen-bond donors (Lipinski definition) is 1. The van der Waals surface area contributed by atoms with Gasteiger partial charge in [-0.2, -0.15) is 0 Å². The number of hydrogen-bond acceptors (Lipinski definition) is 1. The Hall–Kier alpha value is -1.05. The third-order valence-corrected chi connectivity index (χ3v) is 1.30. The van der Waals surface area contributed by atoms with Crippen molar-refractivity contribution in [1.82, 2.24) is 0 Å². The minimum atomic E-state index is 0.560. The molecule has 2 heteroatoms. The number of nitrogens with zero attached hydrogens (tertiary/aromatic N) is 1. The molecule has 0 aromatic carbocycles. The second-order valence-electron chi connectivity index (χ2n) is 3.24. The van der Waals surface area contributed by atoms with Crippen molar-refractivity contribution in [2.45, 2.75) is 27.2 Å². The Morgan fingerprint density at radius 1 is 1.58 bits per heavy atom. The lowest BCUT2D eigenvalue weighted by Crippen LogP contribution is -2.14. The van der Waals surface area contributed by atoms with Crippen LogP contribution >= 0.6 is 0 Å².